The maximum Gasteiger partial charge on any atom is 0.310 e. The summed E-state index contributed by atoms with van der Waals surface area (Å²) in [5.74, 6) is -0.792. The Kier molecular flexibility index (Phi) is 7.69. The number of rotatable bonds is 8. The van der Waals surface area contributed by atoms with Gasteiger partial charge in [0.1, 0.15) is 23.5 Å². The number of likely N-dealkylation sites (tertiary alicyclic amines) is 1. The molecule has 2 fully saturated rings. The Morgan fingerprint density at radius 3 is 2.51 bits per heavy atom. The monoisotopic (exact) mass is 528 g/mol. The second-order valence-corrected chi connectivity index (χ2v) is 10.7. The van der Waals surface area contributed by atoms with Gasteiger partial charge in [-0.2, -0.15) is 4.31 Å². The van der Waals surface area contributed by atoms with Gasteiger partial charge in [-0.1, -0.05) is 19.4 Å². The lowest BCUT2D eigenvalue weighted by Crippen LogP contribution is -2.52. The minimum atomic E-state index is -4.53. The van der Waals surface area contributed by atoms with Crippen LogP contribution in [-0.4, -0.2) is 83.6 Å². The first-order valence-electron chi connectivity index (χ1n) is 11.9. The molecule has 0 spiro atoms. The molecule has 0 saturated carbocycles. The van der Waals surface area contributed by atoms with Crippen molar-refractivity contribution in [3.63, 3.8) is 0 Å². The minimum Gasteiger partial charge on any atom is -0.497 e. The van der Waals surface area contributed by atoms with Gasteiger partial charge in [-0.15, -0.1) is 0 Å². The first-order chi connectivity index (χ1) is 17.7. The molecule has 2 aromatic rings. The molecule has 11 nitrogen and oxygen atoms in total. The van der Waals surface area contributed by atoms with Crippen LogP contribution < -0.4 is 10.1 Å². The fraction of sp³-hybridized carbons (Fsp3) is 0.400. The molecule has 1 N–H and O–H groups in total. The van der Waals surface area contributed by atoms with Crippen molar-refractivity contribution in [3.8, 4) is 5.75 Å². The topological polar surface area (TPSA) is 143 Å². The highest BCUT2D eigenvalue weighted by Crippen LogP contribution is 2.33. The molecule has 2 aliphatic rings. The number of carbonyl (C=O) groups is 4. The summed E-state index contributed by atoms with van der Waals surface area (Å²) < 4.78 is 32.2. The third-order valence-electron chi connectivity index (χ3n) is 6.61. The Morgan fingerprint density at radius 2 is 1.89 bits per heavy atom. The van der Waals surface area contributed by atoms with E-state index in [1.165, 1.54) is 30.3 Å². The zero-order chi connectivity index (χ0) is 26.7. The van der Waals surface area contributed by atoms with Gasteiger partial charge in [0.15, 0.2) is 5.78 Å². The lowest BCUT2D eigenvalue weighted by Gasteiger charge is -2.28. The van der Waals surface area contributed by atoms with Crippen LogP contribution in [0.1, 0.15) is 47.0 Å². The van der Waals surface area contributed by atoms with Crippen molar-refractivity contribution < 1.29 is 32.3 Å². The standard InChI is InChI=1S/C25H28N4O7S/c1-3-6-18(27-23(31)16-8-10-17(36-2)11-9-16)24(32)28-14-12-20-22(28)21(30)15-29(20)37(34,35)25(33)19-7-4-5-13-26-19/h4-5,7-11,13,18,20,22H,3,6,12,14-15H2,1-2H3,(H,27,31). The molecule has 12 heteroatoms. The second kappa shape index (κ2) is 10.8. The summed E-state index contributed by atoms with van der Waals surface area (Å²) in [6.45, 7) is 1.49. The Hall–Kier alpha value is -3.64. The molecule has 1 aromatic carbocycles. The number of aromatic nitrogens is 1. The number of nitrogens with zero attached hydrogens (tertiary/aromatic N) is 3. The number of amides is 2. The third-order valence-corrected chi connectivity index (χ3v) is 8.31. The van der Waals surface area contributed by atoms with E-state index in [1.807, 2.05) is 6.92 Å². The zero-order valence-electron chi connectivity index (χ0n) is 20.5. The van der Waals surface area contributed by atoms with E-state index in [0.29, 0.717) is 24.2 Å². The maximum atomic E-state index is 13.5. The van der Waals surface area contributed by atoms with Crippen LogP contribution >= 0.6 is 0 Å². The van der Waals surface area contributed by atoms with E-state index < -0.39 is 57.4 Å². The molecule has 3 heterocycles. The van der Waals surface area contributed by atoms with Crippen LogP contribution in [0.2, 0.25) is 0 Å². The van der Waals surface area contributed by atoms with Gasteiger partial charge >= 0.3 is 5.12 Å². The summed E-state index contributed by atoms with van der Waals surface area (Å²) in [4.78, 5) is 57.1. The highest BCUT2D eigenvalue weighted by molar-refractivity contribution is 8.04. The maximum absolute atomic E-state index is 13.5. The second-order valence-electron chi connectivity index (χ2n) is 8.89. The normalized spacial score (nSPS) is 20.4. The van der Waals surface area contributed by atoms with Gasteiger partial charge < -0.3 is 15.0 Å². The number of fused-ring (bicyclic) bond motifs is 1. The largest absolute Gasteiger partial charge is 0.497 e. The van der Waals surface area contributed by atoms with Crippen molar-refractivity contribution in [2.45, 2.75) is 44.3 Å². The predicted octanol–water partition coefficient (Wildman–Crippen LogP) is 1.01. The molecule has 1 aromatic heterocycles. The third kappa shape index (κ3) is 5.12. The van der Waals surface area contributed by atoms with E-state index >= 15 is 0 Å². The molecule has 0 bridgehead atoms. The molecule has 0 aliphatic carbocycles. The van der Waals surface area contributed by atoms with Crippen molar-refractivity contribution in [3.05, 3.63) is 59.9 Å². The van der Waals surface area contributed by atoms with Gasteiger partial charge in [-0.25, -0.2) is 8.42 Å². The number of pyridine rings is 1. The summed E-state index contributed by atoms with van der Waals surface area (Å²) in [6, 6.07) is 8.00. The quantitative estimate of drug-likeness (QED) is 0.535. The Morgan fingerprint density at radius 1 is 1.16 bits per heavy atom. The molecule has 3 atom stereocenters. The lowest BCUT2D eigenvalue weighted by molar-refractivity contribution is -0.138. The summed E-state index contributed by atoms with van der Waals surface area (Å²) in [6.07, 6.45) is 2.43. The van der Waals surface area contributed by atoms with Gasteiger partial charge in [0.25, 0.3) is 15.9 Å². The molecular formula is C25H28N4O7S. The van der Waals surface area contributed by atoms with Crippen molar-refractivity contribution in [1.29, 1.82) is 0 Å². The van der Waals surface area contributed by atoms with E-state index in [9.17, 15) is 27.6 Å². The predicted molar refractivity (Wildman–Crippen MR) is 132 cm³/mol. The zero-order valence-corrected chi connectivity index (χ0v) is 21.3. The first kappa shape index (κ1) is 26.4. The van der Waals surface area contributed by atoms with E-state index in [2.05, 4.69) is 10.3 Å². The van der Waals surface area contributed by atoms with Crippen molar-refractivity contribution in [2.24, 2.45) is 0 Å². The van der Waals surface area contributed by atoms with Gasteiger partial charge in [0.05, 0.1) is 19.7 Å². The number of ether oxygens (including phenoxy) is 1. The number of methoxy groups -OCH3 is 1. The van der Waals surface area contributed by atoms with Gasteiger partial charge in [0.2, 0.25) is 5.91 Å². The molecular weight excluding hydrogens is 500 g/mol. The average molecular weight is 529 g/mol. The molecule has 3 unspecified atom stereocenters. The van der Waals surface area contributed by atoms with E-state index in [1.54, 1.807) is 30.3 Å². The first-order valence-corrected chi connectivity index (χ1v) is 13.4. The van der Waals surface area contributed by atoms with E-state index in [4.69, 9.17) is 4.74 Å². The highest BCUT2D eigenvalue weighted by atomic mass is 32.2. The van der Waals surface area contributed by atoms with Gasteiger partial charge in [0, 0.05) is 18.3 Å². The number of sulfonamides is 1. The summed E-state index contributed by atoms with van der Waals surface area (Å²) in [5, 5.41) is 1.56. The molecule has 4 rings (SSSR count). The number of ketones is 1. The van der Waals surface area contributed by atoms with Crippen LogP contribution in [0.5, 0.6) is 5.75 Å². The molecule has 2 amide bonds. The SMILES string of the molecule is CCCC(NC(=O)c1ccc(OC)cc1)C(=O)N1CCC2C1C(=O)CN2S(=O)(=O)C(=O)c1ccccn1. The summed E-state index contributed by atoms with van der Waals surface area (Å²) in [5.41, 5.74) is 0.102. The molecule has 2 aliphatic heterocycles. The smallest absolute Gasteiger partial charge is 0.310 e. The Labute approximate surface area is 214 Å². The highest BCUT2D eigenvalue weighted by Gasteiger charge is 2.55. The number of hydrogen-bond donors (Lipinski definition) is 1. The van der Waals surface area contributed by atoms with Gasteiger partial charge in [-0.05, 0) is 49.2 Å². The van der Waals surface area contributed by atoms with Crippen LogP contribution in [0, 0.1) is 0 Å². The van der Waals surface area contributed by atoms with Gasteiger partial charge in [-0.3, -0.25) is 24.2 Å². The van der Waals surface area contributed by atoms with E-state index in [-0.39, 0.29) is 18.7 Å². The van der Waals surface area contributed by atoms with Crippen LogP contribution in [-0.2, 0) is 19.6 Å². The van der Waals surface area contributed by atoms with Crippen molar-refractivity contribution in [2.75, 3.05) is 20.2 Å². The molecule has 2 saturated heterocycles. The number of nitrogens with one attached hydrogen (secondary N) is 1. The fourth-order valence-electron chi connectivity index (χ4n) is 4.79. The minimum absolute atomic E-state index is 0.127. The number of hydrogen-bond acceptors (Lipinski definition) is 8. The average Bonchev–Trinajstić information content (AvgIpc) is 3.49. The van der Waals surface area contributed by atoms with Crippen LogP contribution in [0.3, 0.4) is 0 Å². The number of benzene rings is 1. The molecule has 37 heavy (non-hydrogen) atoms. The van der Waals surface area contributed by atoms with Crippen LogP contribution in [0.25, 0.3) is 0 Å². The summed E-state index contributed by atoms with van der Waals surface area (Å²) >= 11 is 0. The van der Waals surface area contributed by atoms with Crippen molar-refractivity contribution >= 4 is 32.7 Å². The van der Waals surface area contributed by atoms with Crippen molar-refractivity contribution in [1.82, 2.24) is 19.5 Å². The Balaban J connectivity index is 1.51. The van der Waals surface area contributed by atoms with Crippen LogP contribution in [0.4, 0.5) is 0 Å². The Bertz CT molecular complexity index is 1300. The van der Waals surface area contributed by atoms with E-state index in [0.717, 1.165) is 4.31 Å². The fourth-order valence-corrected chi connectivity index (χ4v) is 6.27. The molecule has 196 valence electrons. The molecule has 0 radical (unpaired) electrons. The van der Waals surface area contributed by atoms with Crippen LogP contribution in [0.15, 0.2) is 48.7 Å². The summed E-state index contributed by atoms with van der Waals surface area (Å²) in [7, 11) is -3.01. The number of carbonyl (C=O) groups excluding carboxylic acids is 4. The number of Topliss-reactive ketones (excluding diaryl/α,β-unsaturated/α-hetero) is 1. The lowest BCUT2D eigenvalue weighted by atomic mass is 10.1.